The molecule has 2 rings (SSSR count). The van der Waals surface area contributed by atoms with Crippen molar-refractivity contribution in [2.75, 3.05) is 7.05 Å². The highest BCUT2D eigenvalue weighted by atomic mass is 35.5. The third-order valence-corrected chi connectivity index (χ3v) is 6.07. The van der Waals surface area contributed by atoms with E-state index in [1.54, 1.807) is 7.05 Å². The summed E-state index contributed by atoms with van der Waals surface area (Å²) in [6.45, 7) is -1.83. The first kappa shape index (κ1) is 18.1. The predicted octanol–water partition coefficient (Wildman–Crippen LogP) is 2.45. The van der Waals surface area contributed by atoms with Gasteiger partial charge in [0, 0.05) is 14.1 Å². The Morgan fingerprint density at radius 1 is 1.39 bits per heavy atom. The summed E-state index contributed by atoms with van der Waals surface area (Å²) in [4.78, 5) is -0.307. The van der Waals surface area contributed by atoms with Gasteiger partial charge in [-0.15, -0.1) is 0 Å². The Labute approximate surface area is 141 Å². The molecule has 2 aromatic heterocycles. The predicted molar refractivity (Wildman–Crippen MR) is 80.1 cm³/mol. The van der Waals surface area contributed by atoms with Crippen LogP contribution in [0.3, 0.4) is 0 Å². The molecule has 0 N–H and O–H groups in total. The maximum absolute atomic E-state index is 12.7. The van der Waals surface area contributed by atoms with Crippen LogP contribution in [-0.2, 0) is 23.6 Å². The molecule has 2 aromatic rings. The van der Waals surface area contributed by atoms with Gasteiger partial charge in [-0.2, -0.15) is 23.3 Å². The fourth-order valence-electron chi connectivity index (χ4n) is 1.95. The lowest BCUT2D eigenvalue weighted by Gasteiger charge is -2.16. The first-order valence-electron chi connectivity index (χ1n) is 6.22. The molecular weight excluding hydrogens is 375 g/mol. The number of aryl methyl sites for hydroxylation is 1. The number of aromatic nitrogens is 4. The molecule has 0 aliphatic carbocycles. The van der Waals surface area contributed by atoms with Crippen LogP contribution in [0.4, 0.5) is 8.78 Å². The van der Waals surface area contributed by atoms with E-state index in [1.165, 1.54) is 18.7 Å². The summed E-state index contributed by atoms with van der Waals surface area (Å²) in [5.74, 6) is 0. The molecule has 0 bridgehead atoms. The van der Waals surface area contributed by atoms with Gasteiger partial charge in [0.05, 0.1) is 24.1 Å². The summed E-state index contributed by atoms with van der Waals surface area (Å²) in [6, 6.07) is 0. The third-order valence-electron chi connectivity index (χ3n) is 3.23. The lowest BCUT2D eigenvalue weighted by molar-refractivity contribution is 0.0541. The molecule has 12 heteroatoms. The highest BCUT2D eigenvalue weighted by molar-refractivity contribution is 7.89. The Hall–Kier alpha value is -1.23. The van der Waals surface area contributed by atoms with E-state index in [0.29, 0.717) is 4.68 Å². The van der Waals surface area contributed by atoms with Gasteiger partial charge in [0.1, 0.15) is 15.1 Å². The molecule has 2 heterocycles. The van der Waals surface area contributed by atoms with Gasteiger partial charge >= 0.3 is 6.55 Å². The Bertz CT molecular complexity index is 834. The molecule has 0 radical (unpaired) electrons. The molecule has 0 aromatic carbocycles. The number of sulfonamides is 1. The largest absolute Gasteiger partial charge is 0.333 e. The van der Waals surface area contributed by atoms with Gasteiger partial charge in [-0.25, -0.2) is 13.1 Å². The second-order valence-electron chi connectivity index (χ2n) is 4.75. The Balaban J connectivity index is 2.34. The number of halogens is 4. The number of alkyl halides is 2. The van der Waals surface area contributed by atoms with Crippen molar-refractivity contribution in [3.8, 4) is 0 Å². The van der Waals surface area contributed by atoms with E-state index in [4.69, 9.17) is 23.2 Å². The number of nitrogens with zero attached hydrogens (tertiary/aromatic N) is 5. The van der Waals surface area contributed by atoms with Gasteiger partial charge in [0.25, 0.3) is 0 Å². The average molecular weight is 388 g/mol. The first-order chi connectivity index (χ1) is 10.6. The molecule has 0 saturated carbocycles. The van der Waals surface area contributed by atoms with E-state index >= 15 is 0 Å². The number of rotatable bonds is 5. The minimum absolute atomic E-state index is 0.135. The van der Waals surface area contributed by atoms with Gasteiger partial charge in [-0.3, -0.25) is 4.68 Å². The van der Waals surface area contributed by atoms with Crippen LogP contribution in [0.5, 0.6) is 0 Å². The Morgan fingerprint density at radius 2 is 2.00 bits per heavy atom. The Kier molecular flexibility index (Phi) is 5.00. The summed E-state index contributed by atoms with van der Waals surface area (Å²) >= 11 is 11.9. The maximum Gasteiger partial charge on any atom is 0.333 e. The smallest absolute Gasteiger partial charge is 0.255 e. The zero-order chi connectivity index (χ0) is 17.5. The lowest BCUT2D eigenvalue weighted by atomic mass is 10.4. The van der Waals surface area contributed by atoms with E-state index in [1.807, 2.05) is 0 Å². The van der Waals surface area contributed by atoms with Crippen LogP contribution >= 0.6 is 23.2 Å². The van der Waals surface area contributed by atoms with Crippen LogP contribution < -0.4 is 0 Å². The molecule has 7 nitrogen and oxygen atoms in total. The number of hydrogen-bond acceptors (Lipinski definition) is 4. The van der Waals surface area contributed by atoms with Gasteiger partial charge in [0.2, 0.25) is 10.0 Å². The van der Waals surface area contributed by atoms with Gasteiger partial charge in [0.15, 0.2) is 0 Å². The summed E-state index contributed by atoms with van der Waals surface area (Å²) in [5.41, 5.74) is 0.0983. The third kappa shape index (κ3) is 3.21. The van der Waals surface area contributed by atoms with E-state index in [0.717, 1.165) is 10.5 Å². The van der Waals surface area contributed by atoms with E-state index in [9.17, 15) is 17.2 Å². The minimum Gasteiger partial charge on any atom is -0.255 e. The van der Waals surface area contributed by atoms with Crippen molar-refractivity contribution < 1.29 is 17.2 Å². The molecule has 23 heavy (non-hydrogen) atoms. The van der Waals surface area contributed by atoms with Crippen molar-refractivity contribution in [3.63, 3.8) is 0 Å². The van der Waals surface area contributed by atoms with Crippen molar-refractivity contribution in [1.82, 2.24) is 23.9 Å². The van der Waals surface area contributed by atoms with Crippen LogP contribution in [0, 0.1) is 6.92 Å². The second-order valence-corrected chi connectivity index (χ2v) is 7.50. The SMILES string of the molecule is Cc1c(S(=O)(=O)N(C)Cc2nn(C)c(Cl)c2Cl)cnn1C(F)F. The average Bonchev–Trinajstić information content (AvgIpc) is 2.96. The summed E-state index contributed by atoms with van der Waals surface area (Å²) in [7, 11) is -1.19. The van der Waals surface area contributed by atoms with E-state index in [2.05, 4.69) is 10.2 Å². The van der Waals surface area contributed by atoms with Crippen molar-refractivity contribution in [2.24, 2.45) is 7.05 Å². The highest BCUT2D eigenvalue weighted by Crippen LogP contribution is 2.28. The fourth-order valence-corrected chi connectivity index (χ4v) is 3.59. The van der Waals surface area contributed by atoms with Gasteiger partial charge in [-0.05, 0) is 6.92 Å². The molecule has 0 spiro atoms. The quantitative estimate of drug-likeness (QED) is 0.789. The summed E-state index contributed by atoms with van der Waals surface area (Å²) in [6.07, 6.45) is 0.889. The summed E-state index contributed by atoms with van der Waals surface area (Å²) < 4.78 is 53.1. The zero-order valence-electron chi connectivity index (χ0n) is 12.3. The Morgan fingerprint density at radius 3 is 2.43 bits per heavy atom. The molecule has 128 valence electrons. The van der Waals surface area contributed by atoms with Crippen LogP contribution in [0.25, 0.3) is 0 Å². The molecule has 0 amide bonds. The van der Waals surface area contributed by atoms with Crippen molar-refractivity contribution in [3.05, 3.63) is 27.8 Å². The van der Waals surface area contributed by atoms with Gasteiger partial charge in [-0.1, -0.05) is 23.2 Å². The highest BCUT2D eigenvalue weighted by Gasteiger charge is 2.29. The van der Waals surface area contributed by atoms with Crippen LogP contribution in [0.1, 0.15) is 17.9 Å². The summed E-state index contributed by atoms with van der Waals surface area (Å²) in [5, 5.41) is 7.73. The normalized spacial score (nSPS) is 12.6. The molecule has 0 unspecified atom stereocenters. The monoisotopic (exact) mass is 387 g/mol. The fraction of sp³-hybridized carbons (Fsp3) is 0.455. The molecule has 0 aliphatic rings. The molecular formula is C11H13Cl2F2N5O2S. The molecule has 0 saturated heterocycles. The van der Waals surface area contributed by atoms with E-state index in [-0.39, 0.29) is 33.0 Å². The van der Waals surface area contributed by atoms with Crippen molar-refractivity contribution >= 4 is 33.2 Å². The zero-order valence-corrected chi connectivity index (χ0v) is 14.7. The lowest BCUT2D eigenvalue weighted by Crippen LogP contribution is -2.27. The van der Waals surface area contributed by atoms with E-state index < -0.39 is 16.6 Å². The topological polar surface area (TPSA) is 73.0 Å². The van der Waals surface area contributed by atoms with Crippen LogP contribution in [0.15, 0.2) is 11.1 Å². The maximum atomic E-state index is 12.7. The second kappa shape index (κ2) is 6.34. The minimum atomic E-state index is -4.04. The standard InChI is InChI=1S/C11H13Cl2F2N5O2S/c1-6-8(4-16-20(6)11(14)15)23(21,22)18(2)5-7-9(12)10(13)19(3)17-7/h4,11H,5H2,1-3H3. The first-order valence-corrected chi connectivity index (χ1v) is 8.42. The van der Waals surface area contributed by atoms with Crippen LogP contribution in [-0.4, -0.2) is 39.3 Å². The molecule has 0 fully saturated rings. The number of hydrogen-bond donors (Lipinski definition) is 0. The van der Waals surface area contributed by atoms with Crippen molar-refractivity contribution in [2.45, 2.75) is 24.9 Å². The van der Waals surface area contributed by atoms with Gasteiger partial charge < -0.3 is 0 Å². The van der Waals surface area contributed by atoms with Crippen molar-refractivity contribution in [1.29, 1.82) is 0 Å². The molecule has 0 aliphatic heterocycles. The van der Waals surface area contributed by atoms with Crippen LogP contribution in [0.2, 0.25) is 10.2 Å². The molecule has 0 atom stereocenters.